The second-order valence-electron chi connectivity index (χ2n) is 9.72. The minimum atomic E-state index is -0.0368. The lowest BCUT2D eigenvalue weighted by atomic mass is 10.00. The van der Waals surface area contributed by atoms with Crippen LogP contribution in [-0.2, 0) is 6.54 Å². The highest BCUT2D eigenvalue weighted by Crippen LogP contribution is 2.41. The summed E-state index contributed by atoms with van der Waals surface area (Å²) in [6.45, 7) is 2.78. The molecule has 0 bridgehead atoms. The highest BCUT2D eigenvalue weighted by Gasteiger charge is 2.36. The summed E-state index contributed by atoms with van der Waals surface area (Å²) >= 11 is 1.87. The van der Waals surface area contributed by atoms with E-state index in [4.69, 9.17) is 9.47 Å². The van der Waals surface area contributed by atoms with Gasteiger partial charge < -0.3 is 19.3 Å². The van der Waals surface area contributed by atoms with E-state index >= 15 is 0 Å². The molecule has 0 spiro atoms. The van der Waals surface area contributed by atoms with Gasteiger partial charge >= 0.3 is 0 Å². The smallest absolute Gasteiger partial charge is 0.255 e. The number of carbonyl (C=O) groups is 1. The van der Waals surface area contributed by atoms with E-state index in [1.165, 1.54) is 35.4 Å². The predicted molar refractivity (Wildman–Crippen MR) is 151 cm³/mol. The van der Waals surface area contributed by atoms with Crippen LogP contribution in [-0.4, -0.2) is 43.9 Å². The van der Waals surface area contributed by atoms with Gasteiger partial charge in [-0.05, 0) is 79.8 Å². The number of carbonyl (C=O) groups excluding carboxylic acids is 1. The number of thioether (sulfide) groups is 1. The third kappa shape index (κ3) is 5.59. The van der Waals surface area contributed by atoms with Crippen molar-refractivity contribution in [1.29, 1.82) is 0 Å². The molecule has 3 aromatic carbocycles. The highest BCUT2D eigenvalue weighted by molar-refractivity contribution is 7.99. The summed E-state index contributed by atoms with van der Waals surface area (Å²) in [5.74, 6) is 2.53. The van der Waals surface area contributed by atoms with Gasteiger partial charge in [0, 0.05) is 41.3 Å². The Bertz CT molecular complexity index is 1210. The van der Waals surface area contributed by atoms with Gasteiger partial charge in [-0.25, -0.2) is 0 Å². The van der Waals surface area contributed by atoms with Crippen molar-refractivity contribution in [2.75, 3.05) is 38.0 Å². The van der Waals surface area contributed by atoms with E-state index in [1.807, 2.05) is 42.1 Å². The third-order valence-electron chi connectivity index (χ3n) is 7.47. The summed E-state index contributed by atoms with van der Waals surface area (Å²) in [5.41, 5.74) is 4.35. The molecule has 0 N–H and O–H groups in total. The predicted octanol–water partition coefficient (Wildman–Crippen LogP) is 6.96. The van der Waals surface area contributed by atoms with Crippen LogP contribution in [0.4, 0.5) is 5.69 Å². The number of hydrogen-bond acceptors (Lipinski definition) is 5. The van der Waals surface area contributed by atoms with Gasteiger partial charge in [0.1, 0.15) is 0 Å². The first-order valence-corrected chi connectivity index (χ1v) is 14.3. The van der Waals surface area contributed by atoms with Crippen molar-refractivity contribution < 1.29 is 14.3 Å². The number of rotatable bonds is 10. The van der Waals surface area contributed by atoms with Crippen molar-refractivity contribution in [3.63, 3.8) is 0 Å². The molecule has 5 rings (SSSR count). The highest BCUT2D eigenvalue weighted by atomic mass is 32.2. The number of piperidine rings is 1. The maximum Gasteiger partial charge on any atom is 0.255 e. The first-order chi connectivity index (χ1) is 18.2. The number of amides is 1. The fourth-order valence-corrected chi connectivity index (χ4v) is 6.46. The van der Waals surface area contributed by atoms with Crippen LogP contribution in [0, 0.1) is 0 Å². The fraction of sp³-hybridized carbons (Fsp3) is 0.387. The van der Waals surface area contributed by atoms with Gasteiger partial charge in [0.05, 0.1) is 20.3 Å². The number of nitrogens with zero attached hydrogens (tertiary/aromatic N) is 2. The molecule has 0 saturated carbocycles. The van der Waals surface area contributed by atoms with Gasteiger partial charge in [-0.1, -0.05) is 30.3 Å². The molecule has 1 saturated heterocycles. The molecule has 2 aliphatic rings. The maximum atomic E-state index is 13.8. The van der Waals surface area contributed by atoms with Crippen LogP contribution in [0.25, 0.3) is 0 Å². The molecule has 2 heterocycles. The Kier molecular flexibility index (Phi) is 8.24. The average Bonchev–Trinajstić information content (AvgIpc) is 3.29. The molecule has 2 aliphatic heterocycles. The summed E-state index contributed by atoms with van der Waals surface area (Å²) in [4.78, 5) is 19.7. The van der Waals surface area contributed by atoms with Gasteiger partial charge in [-0.3, -0.25) is 4.79 Å². The van der Waals surface area contributed by atoms with E-state index in [-0.39, 0.29) is 11.9 Å². The lowest BCUT2D eigenvalue weighted by Gasteiger charge is -2.31. The summed E-state index contributed by atoms with van der Waals surface area (Å²) < 4.78 is 11.1. The van der Waals surface area contributed by atoms with Crippen LogP contribution in [0.3, 0.4) is 0 Å². The first-order valence-electron chi connectivity index (χ1n) is 13.3. The van der Waals surface area contributed by atoms with Crippen LogP contribution in [0.15, 0.2) is 71.6 Å². The number of anilines is 1. The number of methoxy groups -OCH3 is 2. The third-order valence-corrected chi connectivity index (χ3v) is 8.57. The summed E-state index contributed by atoms with van der Waals surface area (Å²) in [6, 6.07) is 22.8. The zero-order chi connectivity index (χ0) is 25.6. The fourth-order valence-electron chi connectivity index (χ4n) is 5.57. The van der Waals surface area contributed by atoms with E-state index in [9.17, 15) is 4.79 Å². The number of fused-ring (bicyclic) bond motifs is 1. The summed E-state index contributed by atoms with van der Waals surface area (Å²) in [6.07, 6.45) is 5.61. The molecule has 3 aromatic rings. The van der Waals surface area contributed by atoms with Crippen LogP contribution in [0.5, 0.6) is 11.5 Å². The Hall–Kier alpha value is -3.12. The average molecular weight is 517 g/mol. The van der Waals surface area contributed by atoms with E-state index in [1.54, 1.807) is 14.2 Å². The molecule has 1 fully saturated rings. The van der Waals surface area contributed by atoms with Gasteiger partial charge in [0.15, 0.2) is 11.5 Å². The number of hydrogen-bond donors (Lipinski definition) is 0. The molecule has 0 aliphatic carbocycles. The van der Waals surface area contributed by atoms with Crippen LogP contribution >= 0.6 is 11.8 Å². The zero-order valence-electron chi connectivity index (χ0n) is 21.8. The molecular formula is C31H36N2O3S. The minimum absolute atomic E-state index is 0.0368. The minimum Gasteiger partial charge on any atom is -0.493 e. The zero-order valence-corrected chi connectivity index (χ0v) is 22.6. The summed E-state index contributed by atoms with van der Waals surface area (Å²) in [5, 5.41) is 0. The second-order valence-corrected chi connectivity index (χ2v) is 10.9. The Labute approximate surface area is 224 Å². The normalized spacial score (nSPS) is 16.0. The molecule has 5 nitrogen and oxygen atoms in total. The molecule has 1 atom stereocenters. The molecule has 0 aromatic heterocycles. The van der Waals surface area contributed by atoms with Gasteiger partial charge in [-0.15, -0.1) is 11.8 Å². The SMILES string of the molecule is COc1ccc([C@@H](CCCSc2ccccc2)N2Cc3c(cccc3N3CCCCC3)C2=O)cc1OC. The standard InChI is InChI=1S/C31H36N2O3S/c1-35-29-17-16-23(21-30(29)36-2)27(15-10-20-37-24-11-5-3-6-12-24)33-22-26-25(31(33)34)13-9-14-28(26)32-18-7-4-8-19-32/h3,5-6,9,11-14,16-17,21,27H,4,7-8,10,15,18-20,22H2,1-2H3/t27-/m1/s1. The van der Waals surface area contributed by atoms with Crippen LogP contribution < -0.4 is 14.4 Å². The number of benzene rings is 3. The van der Waals surface area contributed by atoms with Crippen molar-refractivity contribution in [3.8, 4) is 11.5 Å². The molecule has 1 amide bonds. The Morgan fingerprint density at radius 3 is 2.43 bits per heavy atom. The molecule has 0 unspecified atom stereocenters. The van der Waals surface area contributed by atoms with Crippen LogP contribution in [0.2, 0.25) is 0 Å². The van der Waals surface area contributed by atoms with E-state index in [2.05, 4.69) is 46.2 Å². The maximum absolute atomic E-state index is 13.8. The Balaban J connectivity index is 1.40. The van der Waals surface area contributed by atoms with Crippen molar-refractivity contribution in [2.45, 2.75) is 49.6 Å². The van der Waals surface area contributed by atoms with Gasteiger partial charge in [0.2, 0.25) is 0 Å². The summed E-state index contributed by atoms with van der Waals surface area (Å²) in [7, 11) is 3.31. The number of ether oxygens (including phenoxy) is 2. The van der Waals surface area contributed by atoms with E-state index in [0.29, 0.717) is 18.0 Å². The molecular weight excluding hydrogens is 480 g/mol. The van der Waals surface area contributed by atoms with E-state index in [0.717, 1.165) is 42.8 Å². The van der Waals surface area contributed by atoms with Crippen molar-refractivity contribution >= 4 is 23.4 Å². The van der Waals surface area contributed by atoms with Crippen molar-refractivity contribution in [1.82, 2.24) is 4.90 Å². The Morgan fingerprint density at radius 1 is 0.892 bits per heavy atom. The Morgan fingerprint density at radius 2 is 1.68 bits per heavy atom. The lowest BCUT2D eigenvalue weighted by Crippen LogP contribution is -2.31. The molecule has 0 radical (unpaired) electrons. The molecule has 6 heteroatoms. The monoisotopic (exact) mass is 516 g/mol. The second kappa shape index (κ2) is 12.0. The quantitative estimate of drug-likeness (QED) is 0.215. The molecule has 194 valence electrons. The van der Waals surface area contributed by atoms with Crippen molar-refractivity contribution in [3.05, 3.63) is 83.4 Å². The van der Waals surface area contributed by atoms with Crippen molar-refractivity contribution in [2.24, 2.45) is 0 Å². The largest absolute Gasteiger partial charge is 0.493 e. The lowest BCUT2D eigenvalue weighted by molar-refractivity contribution is 0.0690. The van der Waals surface area contributed by atoms with Gasteiger partial charge in [-0.2, -0.15) is 0 Å². The van der Waals surface area contributed by atoms with Crippen LogP contribution in [0.1, 0.15) is 59.6 Å². The van der Waals surface area contributed by atoms with Gasteiger partial charge in [0.25, 0.3) is 5.91 Å². The molecule has 37 heavy (non-hydrogen) atoms. The van der Waals surface area contributed by atoms with E-state index < -0.39 is 0 Å². The topological polar surface area (TPSA) is 42.0 Å². The first kappa shape index (κ1) is 25.5.